The molecule has 0 atom stereocenters. The van der Waals surface area contributed by atoms with E-state index < -0.39 is 0 Å². The molecule has 19 heavy (non-hydrogen) atoms. The largest absolute Gasteiger partial charge is 0.360 e. The molecule has 100 valence electrons. The second-order valence-corrected chi connectivity index (χ2v) is 5.96. The van der Waals surface area contributed by atoms with Gasteiger partial charge in [-0.1, -0.05) is 12.1 Å². The number of aryl methyl sites for hydroxylation is 2. The zero-order valence-electron chi connectivity index (χ0n) is 11.8. The van der Waals surface area contributed by atoms with Gasteiger partial charge in [0.25, 0.3) is 0 Å². The number of nitrogens with zero attached hydrogens (tertiary/aromatic N) is 1. The summed E-state index contributed by atoms with van der Waals surface area (Å²) >= 11 is 0. The first kappa shape index (κ1) is 12.4. The molecule has 2 aromatic rings. The van der Waals surface area contributed by atoms with Gasteiger partial charge in [0.05, 0.1) is 0 Å². The summed E-state index contributed by atoms with van der Waals surface area (Å²) in [5.74, 6) is 0.687. The van der Waals surface area contributed by atoms with Crippen molar-refractivity contribution >= 4 is 0 Å². The number of halogens is 1. The first-order valence-corrected chi connectivity index (χ1v) is 6.66. The highest BCUT2D eigenvalue weighted by molar-refractivity contribution is 5.66. The second kappa shape index (κ2) is 3.92. The molecule has 2 nitrogen and oxygen atoms in total. The molecule has 0 unspecified atom stereocenters. The lowest BCUT2D eigenvalue weighted by Crippen LogP contribution is -2.00. The van der Waals surface area contributed by atoms with Gasteiger partial charge in [0.2, 0.25) is 0 Å². The van der Waals surface area contributed by atoms with Crippen molar-refractivity contribution < 1.29 is 8.91 Å². The monoisotopic (exact) mass is 259 g/mol. The van der Waals surface area contributed by atoms with Crippen molar-refractivity contribution in [3.63, 3.8) is 0 Å². The van der Waals surface area contributed by atoms with Gasteiger partial charge in [0.15, 0.2) is 0 Å². The molecule has 1 aromatic heterocycles. The van der Waals surface area contributed by atoms with Crippen LogP contribution in [0.4, 0.5) is 4.39 Å². The Morgan fingerprint density at radius 1 is 1.16 bits per heavy atom. The summed E-state index contributed by atoms with van der Waals surface area (Å²) < 4.78 is 19.6. The Bertz CT molecular complexity index is 653. The third kappa shape index (κ3) is 1.88. The average Bonchev–Trinajstić information content (AvgIpc) is 2.96. The van der Waals surface area contributed by atoms with Gasteiger partial charge >= 0.3 is 0 Å². The fraction of sp³-hybridized carbons (Fsp3) is 0.438. The molecular formula is C16H18FNO. The van der Waals surface area contributed by atoms with Crippen molar-refractivity contribution in [2.24, 2.45) is 0 Å². The summed E-state index contributed by atoms with van der Waals surface area (Å²) in [6.45, 7) is 8.03. The Labute approximate surface area is 112 Å². The van der Waals surface area contributed by atoms with E-state index in [4.69, 9.17) is 4.52 Å². The lowest BCUT2D eigenvalue weighted by molar-refractivity contribution is 0.360. The van der Waals surface area contributed by atoms with Gasteiger partial charge in [-0.2, -0.15) is 0 Å². The average molecular weight is 259 g/mol. The van der Waals surface area contributed by atoms with Crippen LogP contribution in [0.3, 0.4) is 0 Å². The van der Waals surface area contributed by atoms with Crippen LogP contribution in [-0.4, -0.2) is 5.16 Å². The zero-order valence-corrected chi connectivity index (χ0v) is 11.8. The molecule has 0 aliphatic heterocycles. The van der Waals surface area contributed by atoms with Crippen LogP contribution in [0.15, 0.2) is 16.7 Å². The van der Waals surface area contributed by atoms with Crippen molar-refractivity contribution in [2.75, 3.05) is 0 Å². The highest BCUT2D eigenvalue weighted by Crippen LogP contribution is 2.50. The van der Waals surface area contributed by atoms with Crippen LogP contribution in [-0.2, 0) is 5.41 Å². The molecule has 1 heterocycles. The quantitative estimate of drug-likeness (QED) is 0.796. The number of benzene rings is 1. The maximum Gasteiger partial charge on any atom is 0.146 e. The van der Waals surface area contributed by atoms with Crippen LogP contribution in [0, 0.1) is 26.6 Å². The lowest BCUT2D eigenvalue weighted by atomic mass is 9.97. The Balaban J connectivity index is 2.13. The molecule has 1 fully saturated rings. The predicted molar refractivity (Wildman–Crippen MR) is 72.7 cm³/mol. The fourth-order valence-electron chi connectivity index (χ4n) is 2.53. The topological polar surface area (TPSA) is 26.0 Å². The molecule has 0 bridgehead atoms. The Morgan fingerprint density at radius 2 is 1.79 bits per heavy atom. The zero-order chi connectivity index (χ0) is 13.8. The Morgan fingerprint density at radius 3 is 2.42 bits per heavy atom. The molecule has 0 spiro atoms. The van der Waals surface area contributed by atoms with E-state index in [1.807, 2.05) is 26.8 Å². The van der Waals surface area contributed by atoms with Crippen molar-refractivity contribution in [3.8, 4) is 11.3 Å². The van der Waals surface area contributed by atoms with E-state index in [0.717, 1.165) is 35.3 Å². The second-order valence-electron chi connectivity index (χ2n) is 5.96. The SMILES string of the molecule is Cc1cc(F)c(-c2noc(C3(C)CC3)c2C)cc1C. The van der Waals surface area contributed by atoms with Gasteiger partial charge in [-0.25, -0.2) is 4.39 Å². The lowest BCUT2D eigenvalue weighted by Gasteiger charge is -2.07. The highest BCUT2D eigenvalue weighted by Gasteiger charge is 2.44. The summed E-state index contributed by atoms with van der Waals surface area (Å²) in [7, 11) is 0. The van der Waals surface area contributed by atoms with Crippen molar-refractivity contribution in [1.82, 2.24) is 5.16 Å². The summed E-state index contributed by atoms with van der Waals surface area (Å²) in [5, 5.41) is 4.11. The number of hydrogen-bond donors (Lipinski definition) is 0. The van der Waals surface area contributed by atoms with E-state index in [2.05, 4.69) is 12.1 Å². The van der Waals surface area contributed by atoms with E-state index in [9.17, 15) is 4.39 Å². The molecule has 0 amide bonds. The van der Waals surface area contributed by atoms with Crippen LogP contribution < -0.4 is 0 Å². The van der Waals surface area contributed by atoms with E-state index in [1.165, 1.54) is 0 Å². The van der Waals surface area contributed by atoms with Gasteiger partial charge in [-0.3, -0.25) is 0 Å². The minimum Gasteiger partial charge on any atom is -0.360 e. The molecule has 3 rings (SSSR count). The number of aromatic nitrogens is 1. The summed E-state index contributed by atoms with van der Waals surface area (Å²) in [6.07, 6.45) is 2.25. The molecule has 0 radical (unpaired) electrons. The van der Waals surface area contributed by atoms with Gasteiger partial charge in [-0.05, 0) is 56.9 Å². The Kier molecular flexibility index (Phi) is 2.56. The first-order valence-electron chi connectivity index (χ1n) is 6.66. The summed E-state index contributed by atoms with van der Waals surface area (Å²) in [4.78, 5) is 0. The normalized spacial score (nSPS) is 16.7. The van der Waals surface area contributed by atoms with Gasteiger partial charge < -0.3 is 4.52 Å². The standard InChI is InChI=1S/C16H18FNO/c1-9-7-12(13(17)8-10(9)2)14-11(3)15(19-18-14)16(4)5-6-16/h7-8H,5-6H2,1-4H3. The minimum atomic E-state index is -0.230. The van der Waals surface area contributed by atoms with Gasteiger partial charge in [0.1, 0.15) is 17.3 Å². The smallest absolute Gasteiger partial charge is 0.146 e. The maximum atomic E-state index is 14.1. The number of rotatable bonds is 2. The van der Waals surface area contributed by atoms with E-state index >= 15 is 0 Å². The molecule has 0 N–H and O–H groups in total. The molecule has 3 heteroatoms. The van der Waals surface area contributed by atoms with Crippen LogP contribution in [0.1, 0.15) is 42.2 Å². The maximum absolute atomic E-state index is 14.1. The predicted octanol–water partition coefficient (Wildman–Crippen LogP) is 4.46. The molecule has 1 aliphatic carbocycles. The summed E-state index contributed by atoms with van der Waals surface area (Å²) in [6, 6.07) is 3.42. The fourth-order valence-corrected chi connectivity index (χ4v) is 2.53. The molecule has 0 saturated heterocycles. The minimum absolute atomic E-state index is 0.117. The van der Waals surface area contributed by atoms with Crippen molar-refractivity contribution in [3.05, 3.63) is 40.4 Å². The third-order valence-corrected chi connectivity index (χ3v) is 4.31. The highest BCUT2D eigenvalue weighted by atomic mass is 19.1. The van der Waals surface area contributed by atoms with Crippen molar-refractivity contribution in [1.29, 1.82) is 0 Å². The van der Waals surface area contributed by atoms with Crippen LogP contribution in [0.5, 0.6) is 0 Å². The van der Waals surface area contributed by atoms with Crippen LogP contribution in [0.2, 0.25) is 0 Å². The van der Waals surface area contributed by atoms with Gasteiger partial charge in [0, 0.05) is 16.5 Å². The van der Waals surface area contributed by atoms with Crippen LogP contribution >= 0.6 is 0 Å². The van der Waals surface area contributed by atoms with E-state index in [-0.39, 0.29) is 11.2 Å². The molecule has 1 aliphatic rings. The van der Waals surface area contributed by atoms with E-state index in [0.29, 0.717) is 11.3 Å². The van der Waals surface area contributed by atoms with Crippen molar-refractivity contribution in [2.45, 2.75) is 46.0 Å². The summed E-state index contributed by atoms with van der Waals surface area (Å²) in [5.41, 5.74) is 4.30. The molecule has 1 saturated carbocycles. The number of hydrogen-bond acceptors (Lipinski definition) is 2. The van der Waals surface area contributed by atoms with Crippen LogP contribution in [0.25, 0.3) is 11.3 Å². The van der Waals surface area contributed by atoms with E-state index in [1.54, 1.807) is 6.07 Å². The Hall–Kier alpha value is -1.64. The van der Waals surface area contributed by atoms with Gasteiger partial charge in [-0.15, -0.1) is 0 Å². The molecule has 1 aromatic carbocycles. The third-order valence-electron chi connectivity index (χ3n) is 4.31. The first-order chi connectivity index (χ1) is 8.92. The molecular weight excluding hydrogens is 241 g/mol.